The van der Waals surface area contributed by atoms with Gasteiger partial charge in [0.2, 0.25) is 0 Å². The van der Waals surface area contributed by atoms with Crippen molar-refractivity contribution in [3.05, 3.63) is 47.3 Å². The van der Waals surface area contributed by atoms with Crippen LogP contribution >= 0.6 is 12.4 Å². The van der Waals surface area contributed by atoms with Gasteiger partial charge in [-0.1, -0.05) is 6.07 Å². The van der Waals surface area contributed by atoms with Gasteiger partial charge >= 0.3 is 0 Å². The minimum Gasteiger partial charge on any atom is -0.352 e. The fraction of sp³-hybridized carbons (Fsp3) is 0.421. The van der Waals surface area contributed by atoms with E-state index >= 15 is 0 Å². The van der Waals surface area contributed by atoms with Crippen LogP contribution in [-0.2, 0) is 0 Å². The molecule has 2 aromatic rings. The normalized spacial score (nSPS) is 16.3. The molecule has 1 fully saturated rings. The summed E-state index contributed by atoms with van der Waals surface area (Å²) in [4.78, 5) is 24.6. The lowest BCUT2D eigenvalue weighted by atomic mass is 10.1. The molecule has 2 amide bonds. The van der Waals surface area contributed by atoms with Gasteiger partial charge in [0.25, 0.3) is 11.8 Å². The zero-order chi connectivity index (χ0) is 18.5. The summed E-state index contributed by atoms with van der Waals surface area (Å²) in [6, 6.07) is 7.29. The van der Waals surface area contributed by atoms with Crippen molar-refractivity contribution in [1.29, 1.82) is 0 Å². The summed E-state index contributed by atoms with van der Waals surface area (Å²) in [7, 11) is 0. The molecule has 1 aliphatic heterocycles. The number of carbonyl (C=O) groups is 2. The van der Waals surface area contributed by atoms with Crippen molar-refractivity contribution >= 4 is 29.9 Å². The van der Waals surface area contributed by atoms with Crippen molar-refractivity contribution in [3.8, 4) is 0 Å². The third-order valence-electron chi connectivity index (χ3n) is 4.57. The smallest absolute Gasteiger partial charge is 0.276 e. The maximum atomic E-state index is 12.6. The summed E-state index contributed by atoms with van der Waals surface area (Å²) in [6.07, 6.45) is 4.02. The van der Waals surface area contributed by atoms with Crippen LogP contribution in [0.5, 0.6) is 0 Å². The topological polar surface area (TPSA) is 88.0 Å². The lowest BCUT2D eigenvalue weighted by molar-refractivity contribution is 0.0954. The second-order valence-electron chi connectivity index (χ2n) is 6.52. The molecular weight excluding hydrogens is 366 g/mol. The van der Waals surface area contributed by atoms with Crippen LogP contribution < -0.4 is 16.0 Å². The Balaban J connectivity index is 0.00000261. The SMILES string of the molecule is CCNC(=O)c1ccc(C)c(NC(=O)c2ccn(C3CCCNC3)n2)c1.Cl. The van der Waals surface area contributed by atoms with Gasteiger partial charge in [0, 0.05) is 30.5 Å². The second kappa shape index (κ2) is 9.53. The average molecular weight is 392 g/mol. The van der Waals surface area contributed by atoms with Crippen molar-refractivity contribution in [2.45, 2.75) is 32.7 Å². The highest BCUT2D eigenvalue weighted by molar-refractivity contribution is 6.04. The fourth-order valence-electron chi connectivity index (χ4n) is 3.07. The molecular formula is C19H26ClN5O2. The molecule has 1 aromatic heterocycles. The predicted octanol–water partition coefficient (Wildman–Crippen LogP) is 2.54. The van der Waals surface area contributed by atoms with Crippen LogP contribution in [0.3, 0.4) is 0 Å². The molecule has 1 aliphatic rings. The molecule has 3 rings (SSSR count). The van der Waals surface area contributed by atoms with Crippen molar-refractivity contribution in [1.82, 2.24) is 20.4 Å². The molecule has 27 heavy (non-hydrogen) atoms. The summed E-state index contributed by atoms with van der Waals surface area (Å²) >= 11 is 0. The van der Waals surface area contributed by atoms with Crippen molar-refractivity contribution < 1.29 is 9.59 Å². The molecule has 1 aromatic carbocycles. The molecule has 8 heteroatoms. The Morgan fingerprint density at radius 1 is 1.30 bits per heavy atom. The Bertz CT molecular complexity index is 799. The molecule has 1 saturated heterocycles. The number of rotatable bonds is 5. The minimum atomic E-state index is -0.274. The quantitative estimate of drug-likeness (QED) is 0.730. The summed E-state index contributed by atoms with van der Waals surface area (Å²) < 4.78 is 1.86. The van der Waals surface area contributed by atoms with Crippen LogP contribution in [0.15, 0.2) is 30.5 Å². The molecule has 0 spiro atoms. The van der Waals surface area contributed by atoms with Crippen molar-refractivity contribution in [3.63, 3.8) is 0 Å². The van der Waals surface area contributed by atoms with E-state index in [4.69, 9.17) is 0 Å². The van der Waals surface area contributed by atoms with E-state index in [1.165, 1.54) is 0 Å². The zero-order valence-corrected chi connectivity index (χ0v) is 16.4. The number of nitrogens with zero attached hydrogens (tertiary/aromatic N) is 2. The number of halogens is 1. The number of aromatic nitrogens is 2. The molecule has 0 saturated carbocycles. The van der Waals surface area contributed by atoms with Crippen molar-refractivity contribution in [2.75, 3.05) is 25.0 Å². The lowest BCUT2D eigenvalue weighted by Crippen LogP contribution is -2.32. The fourth-order valence-corrected chi connectivity index (χ4v) is 3.07. The van der Waals surface area contributed by atoms with Gasteiger partial charge < -0.3 is 16.0 Å². The summed E-state index contributed by atoms with van der Waals surface area (Å²) in [5.41, 5.74) is 2.40. The van der Waals surface area contributed by atoms with E-state index in [1.807, 2.05) is 30.8 Å². The molecule has 146 valence electrons. The highest BCUT2D eigenvalue weighted by Gasteiger charge is 2.18. The van der Waals surface area contributed by atoms with Crippen molar-refractivity contribution in [2.24, 2.45) is 0 Å². The first-order valence-electron chi connectivity index (χ1n) is 9.04. The van der Waals surface area contributed by atoms with Gasteiger partial charge in [-0.2, -0.15) is 5.10 Å². The lowest BCUT2D eigenvalue weighted by Gasteiger charge is -2.22. The first-order valence-corrected chi connectivity index (χ1v) is 9.04. The van der Waals surface area contributed by atoms with Crippen LogP contribution in [0, 0.1) is 6.92 Å². The van der Waals surface area contributed by atoms with E-state index < -0.39 is 0 Å². The predicted molar refractivity (Wildman–Crippen MR) is 108 cm³/mol. The number of hydrogen-bond acceptors (Lipinski definition) is 4. The number of piperidine rings is 1. The highest BCUT2D eigenvalue weighted by Crippen LogP contribution is 2.19. The summed E-state index contributed by atoms with van der Waals surface area (Å²) in [5, 5.41) is 13.4. The van der Waals surface area contributed by atoms with Gasteiger partial charge in [0.15, 0.2) is 5.69 Å². The Hall–Kier alpha value is -2.38. The van der Waals surface area contributed by atoms with Gasteiger partial charge in [-0.3, -0.25) is 14.3 Å². The maximum Gasteiger partial charge on any atom is 0.276 e. The molecule has 2 heterocycles. The molecule has 0 bridgehead atoms. The highest BCUT2D eigenvalue weighted by atomic mass is 35.5. The van der Waals surface area contributed by atoms with Crippen LogP contribution in [-0.4, -0.2) is 41.2 Å². The van der Waals surface area contributed by atoms with E-state index in [0.717, 1.165) is 31.5 Å². The van der Waals surface area contributed by atoms with Gasteiger partial charge in [-0.25, -0.2) is 0 Å². The van der Waals surface area contributed by atoms with Crippen LogP contribution in [0.4, 0.5) is 5.69 Å². The van der Waals surface area contributed by atoms with Crippen LogP contribution in [0.2, 0.25) is 0 Å². The van der Waals surface area contributed by atoms with Gasteiger partial charge in [-0.15, -0.1) is 12.4 Å². The van der Waals surface area contributed by atoms with E-state index in [0.29, 0.717) is 23.5 Å². The Morgan fingerprint density at radius 3 is 2.81 bits per heavy atom. The standard InChI is InChI=1S/C19H25N5O2.ClH/c1-3-21-18(25)14-7-6-13(2)17(11-14)22-19(26)16-8-10-24(23-16)15-5-4-9-20-12-15;/h6-8,10-11,15,20H,3-5,9,12H2,1-2H3,(H,21,25)(H,22,26);1H. The molecule has 3 N–H and O–H groups in total. The van der Waals surface area contributed by atoms with Gasteiger partial charge in [-0.05, 0) is 57.0 Å². The summed E-state index contributed by atoms with van der Waals surface area (Å²) in [5.74, 6) is -0.430. The third-order valence-corrected chi connectivity index (χ3v) is 4.57. The average Bonchev–Trinajstić information content (AvgIpc) is 3.15. The number of nitrogens with one attached hydrogen (secondary N) is 3. The largest absolute Gasteiger partial charge is 0.352 e. The van der Waals surface area contributed by atoms with E-state index in [9.17, 15) is 9.59 Å². The van der Waals surface area contributed by atoms with E-state index in [2.05, 4.69) is 21.0 Å². The molecule has 1 atom stereocenters. The van der Waals surface area contributed by atoms with E-state index in [-0.39, 0.29) is 30.3 Å². The first-order chi connectivity index (χ1) is 12.6. The monoisotopic (exact) mass is 391 g/mol. The Morgan fingerprint density at radius 2 is 2.11 bits per heavy atom. The number of anilines is 1. The maximum absolute atomic E-state index is 12.6. The number of carbonyl (C=O) groups excluding carboxylic acids is 2. The Kier molecular flexibility index (Phi) is 7.38. The summed E-state index contributed by atoms with van der Waals surface area (Å²) in [6.45, 7) is 6.22. The second-order valence-corrected chi connectivity index (χ2v) is 6.52. The third kappa shape index (κ3) is 5.08. The van der Waals surface area contributed by atoms with E-state index in [1.54, 1.807) is 18.2 Å². The number of aryl methyl sites for hydroxylation is 1. The molecule has 0 aliphatic carbocycles. The Labute approximate surface area is 165 Å². The number of amides is 2. The minimum absolute atomic E-state index is 0. The van der Waals surface area contributed by atoms with Crippen LogP contribution in [0.25, 0.3) is 0 Å². The number of hydrogen-bond donors (Lipinski definition) is 3. The first kappa shape index (κ1) is 20.9. The molecule has 0 radical (unpaired) electrons. The number of benzene rings is 1. The van der Waals surface area contributed by atoms with Gasteiger partial charge in [0.1, 0.15) is 0 Å². The zero-order valence-electron chi connectivity index (χ0n) is 15.6. The van der Waals surface area contributed by atoms with Gasteiger partial charge in [0.05, 0.1) is 6.04 Å². The molecule has 1 unspecified atom stereocenters. The molecule has 7 nitrogen and oxygen atoms in total. The van der Waals surface area contributed by atoms with Crippen LogP contribution in [0.1, 0.15) is 52.2 Å².